The number of hydrogen-bond donors (Lipinski definition) is 2. The summed E-state index contributed by atoms with van der Waals surface area (Å²) in [7, 11) is 1.53. The first-order valence-corrected chi connectivity index (χ1v) is 11.2. The minimum absolute atomic E-state index is 0.0245. The van der Waals surface area contributed by atoms with Crippen molar-refractivity contribution in [3.8, 4) is 5.75 Å². The van der Waals surface area contributed by atoms with E-state index in [0.29, 0.717) is 42.9 Å². The van der Waals surface area contributed by atoms with E-state index in [1.807, 2.05) is 6.92 Å². The summed E-state index contributed by atoms with van der Waals surface area (Å²) in [6.45, 7) is 4.30. The third-order valence-corrected chi connectivity index (χ3v) is 5.80. The third kappa shape index (κ3) is 5.81. The molecule has 2 heterocycles. The molecule has 3 atom stereocenters. The number of cyclic esters (lactones) is 1. The van der Waals surface area contributed by atoms with Gasteiger partial charge in [0.05, 0.1) is 26.7 Å². The average Bonchev–Trinajstić information content (AvgIpc) is 3.42. The van der Waals surface area contributed by atoms with E-state index in [2.05, 4.69) is 10.6 Å². The first kappa shape index (κ1) is 24.5. The third-order valence-electron chi connectivity index (χ3n) is 5.80. The van der Waals surface area contributed by atoms with Crippen molar-refractivity contribution in [2.75, 3.05) is 26.8 Å². The van der Waals surface area contributed by atoms with Gasteiger partial charge in [0, 0.05) is 17.7 Å². The van der Waals surface area contributed by atoms with E-state index in [9.17, 15) is 19.2 Å². The van der Waals surface area contributed by atoms with Crippen molar-refractivity contribution in [2.24, 2.45) is 0 Å². The van der Waals surface area contributed by atoms with E-state index in [1.165, 1.54) is 12.0 Å². The Morgan fingerprint density at radius 2 is 2.06 bits per heavy atom. The highest BCUT2D eigenvalue weighted by molar-refractivity contribution is 5.98. The molecule has 3 rings (SSSR count). The van der Waals surface area contributed by atoms with Gasteiger partial charge in [0.15, 0.2) is 0 Å². The lowest BCUT2D eigenvalue weighted by Crippen LogP contribution is -2.52. The fourth-order valence-electron chi connectivity index (χ4n) is 4.09. The van der Waals surface area contributed by atoms with Crippen LogP contribution in [-0.4, -0.2) is 73.8 Å². The highest BCUT2D eigenvalue weighted by Crippen LogP contribution is 2.22. The maximum atomic E-state index is 12.9. The maximum Gasteiger partial charge on any atom is 0.310 e. The highest BCUT2D eigenvalue weighted by Gasteiger charge is 2.40. The second kappa shape index (κ2) is 11.1. The number of ether oxygens (including phenoxy) is 3. The van der Waals surface area contributed by atoms with Crippen LogP contribution in [0, 0.1) is 6.92 Å². The Morgan fingerprint density at radius 1 is 1.27 bits per heavy atom. The van der Waals surface area contributed by atoms with Crippen LogP contribution in [0.2, 0.25) is 0 Å². The molecule has 2 fully saturated rings. The van der Waals surface area contributed by atoms with Crippen molar-refractivity contribution >= 4 is 23.7 Å². The number of rotatable bonds is 9. The van der Waals surface area contributed by atoms with Gasteiger partial charge >= 0.3 is 5.97 Å². The number of likely N-dealkylation sites (tertiary alicyclic amines) is 1. The molecule has 2 N–H and O–H groups in total. The van der Waals surface area contributed by atoms with Crippen LogP contribution in [-0.2, 0) is 23.9 Å². The lowest BCUT2D eigenvalue weighted by atomic mass is 10.1. The molecule has 0 radical (unpaired) electrons. The monoisotopic (exact) mass is 461 g/mol. The van der Waals surface area contributed by atoms with Crippen LogP contribution in [0.1, 0.15) is 48.5 Å². The van der Waals surface area contributed by atoms with Crippen LogP contribution in [0.5, 0.6) is 5.75 Å². The summed E-state index contributed by atoms with van der Waals surface area (Å²) >= 11 is 0. The van der Waals surface area contributed by atoms with Gasteiger partial charge in [0.1, 0.15) is 17.8 Å². The smallest absolute Gasteiger partial charge is 0.310 e. The van der Waals surface area contributed by atoms with Crippen molar-refractivity contribution in [1.29, 1.82) is 0 Å². The van der Waals surface area contributed by atoms with E-state index in [-0.39, 0.29) is 24.8 Å². The lowest BCUT2D eigenvalue weighted by Gasteiger charge is -2.26. The number of esters is 1. The SMILES string of the molecule is CCCO[C@@H]1OC(=O)C[C@@H]1NC(=O)[C@@H]1CCCN1C(=O)CNC(=O)c1cccc(OC)c1C. The summed E-state index contributed by atoms with van der Waals surface area (Å²) in [4.78, 5) is 51.4. The number of carbonyl (C=O) groups is 4. The van der Waals surface area contributed by atoms with Gasteiger partial charge in [0.25, 0.3) is 5.91 Å². The summed E-state index contributed by atoms with van der Waals surface area (Å²) in [5, 5.41) is 5.44. The Balaban J connectivity index is 1.57. The molecule has 1 aromatic rings. The van der Waals surface area contributed by atoms with Gasteiger partial charge in [0.2, 0.25) is 18.1 Å². The number of hydrogen-bond acceptors (Lipinski definition) is 7. The van der Waals surface area contributed by atoms with Gasteiger partial charge < -0.3 is 29.7 Å². The zero-order valence-electron chi connectivity index (χ0n) is 19.2. The molecular weight excluding hydrogens is 430 g/mol. The summed E-state index contributed by atoms with van der Waals surface area (Å²) in [6, 6.07) is 3.86. The molecular formula is C23H31N3O7. The summed E-state index contributed by atoms with van der Waals surface area (Å²) in [6.07, 6.45) is 1.13. The van der Waals surface area contributed by atoms with Crippen molar-refractivity contribution in [2.45, 2.75) is 57.9 Å². The van der Waals surface area contributed by atoms with Gasteiger partial charge in [-0.2, -0.15) is 0 Å². The van der Waals surface area contributed by atoms with Gasteiger partial charge in [-0.1, -0.05) is 13.0 Å². The molecule has 33 heavy (non-hydrogen) atoms. The van der Waals surface area contributed by atoms with E-state index in [4.69, 9.17) is 14.2 Å². The number of nitrogens with zero attached hydrogens (tertiary/aromatic N) is 1. The number of amides is 3. The van der Waals surface area contributed by atoms with Crippen molar-refractivity contribution in [3.63, 3.8) is 0 Å². The van der Waals surface area contributed by atoms with Gasteiger partial charge in [-0.05, 0) is 38.3 Å². The highest BCUT2D eigenvalue weighted by atomic mass is 16.7. The Kier molecular flexibility index (Phi) is 8.26. The quantitative estimate of drug-likeness (QED) is 0.524. The summed E-state index contributed by atoms with van der Waals surface area (Å²) < 4.78 is 15.9. The van der Waals surface area contributed by atoms with Crippen LogP contribution in [0.25, 0.3) is 0 Å². The normalized spacial score (nSPS) is 22.1. The van der Waals surface area contributed by atoms with E-state index in [0.717, 1.165) is 6.42 Å². The van der Waals surface area contributed by atoms with Crippen molar-refractivity contribution in [3.05, 3.63) is 29.3 Å². The van der Waals surface area contributed by atoms with Crippen molar-refractivity contribution in [1.82, 2.24) is 15.5 Å². The van der Waals surface area contributed by atoms with Crippen LogP contribution in [0.15, 0.2) is 18.2 Å². The van der Waals surface area contributed by atoms with Crippen LogP contribution in [0.4, 0.5) is 0 Å². The van der Waals surface area contributed by atoms with Crippen molar-refractivity contribution < 1.29 is 33.4 Å². The Morgan fingerprint density at radius 3 is 2.79 bits per heavy atom. The second-order valence-electron chi connectivity index (χ2n) is 8.11. The summed E-state index contributed by atoms with van der Waals surface area (Å²) in [5.74, 6) is -0.946. The zero-order valence-corrected chi connectivity index (χ0v) is 19.2. The number of methoxy groups -OCH3 is 1. The van der Waals surface area contributed by atoms with Gasteiger partial charge in [-0.25, -0.2) is 0 Å². The average molecular weight is 462 g/mol. The van der Waals surface area contributed by atoms with Gasteiger partial charge in [-0.15, -0.1) is 0 Å². The standard InChI is InChI=1S/C23H31N3O7/c1-4-11-32-23-16(12-20(28)33-23)25-22(30)17-8-6-10-26(17)19(27)13-24-21(29)15-7-5-9-18(31-3)14(15)2/h5,7,9,16-17,23H,4,6,8,10-13H2,1-3H3,(H,24,29)(H,25,30)/t16-,17-,23+/m0/s1. The van der Waals surface area contributed by atoms with Crippen LogP contribution >= 0.6 is 0 Å². The fraction of sp³-hybridized carbons (Fsp3) is 0.565. The number of benzene rings is 1. The molecule has 10 nitrogen and oxygen atoms in total. The first-order valence-electron chi connectivity index (χ1n) is 11.2. The predicted octanol–water partition coefficient (Wildman–Crippen LogP) is 0.909. The Hall–Kier alpha value is -3.14. The second-order valence-corrected chi connectivity index (χ2v) is 8.11. The van der Waals surface area contributed by atoms with E-state index >= 15 is 0 Å². The molecule has 1 aromatic carbocycles. The molecule has 0 saturated carbocycles. The minimum atomic E-state index is -0.822. The molecule has 0 bridgehead atoms. The molecule has 0 aromatic heterocycles. The maximum absolute atomic E-state index is 12.9. The molecule has 0 aliphatic carbocycles. The first-order chi connectivity index (χ1) is 15.8. The largest absolute Gasteiger partial charge is 0.496 e. The summed E-state index contributed by atoms with van der Waals surface area (Å²) in [5.41, 5.74) is 1.10. The molecule has 3 amide bonds. The lowest BCUT2D eigenvalue weighted by molar-refractivity contribution is -0.165. The molecule has 180 valence electrons. The molecule has 2 saturated heterocycles. The Labute approximate surface area is 192 Å². The Bertz CT molecular complexity index is 904. The van der Waals surface area contributed by atoms with Gasteiger partial charge in [-0.3, -0.25) is 19.2 Å². The molecule has 10 heteroatoms. The number of carbonyl (C=O) groups excluding carboxylic acids is 4. The van der Waals surface area contributed by atoms with E-state index < -0.39 is 30.3 Å². The molecule has 0 spiro atoms. The topological polar surface area (TPSA) is 123 Å². The molecule has 2 aliphatic heterocycles. The van der Waals surface area contributed by atoms with E-state index in [1.54, 1.807) is 25.1 Å². The fourth-order valence-corrected chi connectivity index (χ4v) is 4.09. The minimum Gasteiger partial charge on any atom is -0.496 e. The zero-order chi connectivity index (χ0) is 24.0. The predicted molar refractivity (Wildman–Crippen MR) is 117 cm³/mol. The molecule has 0 unspecified atom stereocenters. The molecule has 2 aliphatic rings. The van der Waals surface area contributed by atoms with Crippen LogP contribution < -0.4 is 15.4 Å². The van der Waals surface area contributed by atoms with Crippen LogP contribution in [0.3, 0.4) is 0 Å². The number of nitrogens with one attached hydrogen (secondary N) is 2.